The van der Waals surface area contributed by atoms with Gasteiger partial charge in [0.2, 0.25) is 0 Å². The number of hydrogen-bond acceptors (Lipinski definition) is 10. The highest BCUT2D eigenvalue weighted by molar-refractivity contribution is 7.46. The maximum Gasteiger partial charge on any atom is 0.524 e. The minimum Gasteiger partial charge on any atom is -0.504 e. The zero-order chi connectivity index (χ0) is 35.9. The predicted molar refractivity (Wildman–Crippen MR) is 174 cm³/mol. The zero-order valence-corrected chi connectivity index (χ0v) is 27.4. The lowest BCUT2D eigenvalue weighted by Crippen LogP contribution is -2.61. The number of phenols is 1. The number of phenolic OH excluding ortho intramolecular Hbond substituents is 1. The number of aromatic hydroxyl groups is 1. The third kappa shape index (κ3) is 13.9. The highest BCUT2D eigenvalue weighted by Gasteiger charge is 2.35. The second-order valence-electron chi connectivity index (χ2n) is 11.1. The van der Waals surface area contributed by atoms with Gasteiger partial charge in [-0.05, 0) is 55.0 Å². The third-order valence-corrected chi connectivity index (χ3v) is 7.39. The number of phosphoric acid groups is 1. The number of phosphoric ester groups is 1. The van der Waals surface area contributed by atoms with Crippen molar-refractivity contribution < 1.29 is 57.7 Å². The topological polar surface area (TPSA) is 242 Å². The average molecular weight is 703 g/mol. The molecule has 49 heavy (non-hydrogen) atoms. The number of alkyl carbamates (subject to hydrolysis) is 2. The van der Waals surface area contributed by atoms with Gasteiger partial charge in [-0.3, -0.25) is 24.8 Å². The Morgan fingerprint density at radius 1 is 0.837 bits per heavy atom. The fourth-order valence-electron chi connectivity index (χ4n) is 4.36. The van der Waals surface area contributed by atoms with Crippen LogP contribution in [0.25, 0.3) is 0 Å². The number of benzene rings is 3. The normalized spacial score (nSPS) is 12.9. The van der Waals surface area contributed by atoms with Crippen LogP contribution >= 0.6 is 7.82 Å². The largest absolute Gasteiger partial charge is 0.524 e. The van der Waals surface area contributed by atoms with Gasteiger partial charge >= 0.3 is 26.0 Å². The second-order valence-corrected chi connectivity index (χ2v) is 12.2. The van der Waals surface area contributed by atoms with Crippen LogP contribution in [-0.2, 0) is 43.3 Å². The van der Waals surface area contributed by atoms with Crippen LogP contribution in [0.3, 0.4) is 0 Å². The molecule has 8 N–H and O–H groups in total. The number of carbonyl (C=O) groups excluding carboxylic acids is 3. The molecule has 17 heteroatoms. The molecule has 0 fully saturated rings. The number of carboxylic acid groups (broad SMARTS) is 1. The molecule has 0 aliphatic carbocycles. The Balaban J connectivity index is 1.58. The summed E-state index contributed by atoms with van der Waals surface area (Å²) in [4.78, 5) is 68.1. The Morgan fingerprint density at radius 2 is 1.43 bits per heavy atom. The van der Waals surface area contributed by atoms with E-state index < -0.39 is 55.0 Å². The summed E-state index contributed by atoms with van der Waals surface area (Å²) >= 11 is 0. The van der Waals surface area contributed by atoms with Gasteiger partial charge in [-0.1, -0.05) is 66.7 Å². The molecular weight excluding hydrogens is 663 g/mol. The lowest BCUT2D eigenvalue weighted by Gasteiger charge is -2.28. The van der Waals surface area contributed by atoms with Crippen LogP contribution in [0.1, 0.15) is 42.9 Å². The predicted octanol–water partition coefficient (Wildman–Crippen LogP) is 3.26. The van der Waals surface area contributed by atoms with Crippen molar-refractivity contribution in [1.29, 1.82) is 0 Å². The molecule has 0 heterocycles. The van der Waals surface area contributed by atoms with Gasteiger partial charge in [0.25, 0.3) is 5.91 Å². The van der Waals surface area contributed by atoms with E-state index in [0.717, 1.165) is 23.3 Å². The smallest absolute Gasteiger partial charge is 0.504 e. The number of carbonyl (C=O) groups is 4. The second kappa shape index (κ2) is 18.4. The van der Waals surface area contributed by atoms with E-state index in [-0.39, 0.29) is 38.2 Å². The van der Waals surface area contributed by atoms with Gasteiger partial charge < -0.3 is 34.8 Å². The number of nitrogens with one attached hydrogen (secondary N) is 4. The van der Waals surface area contributed by atoms with Gasteiger partial charge in [-0.15, -0.1) is 0 Å². The van der Waals surface area contributed by atoms with Crippen LogP contribution in [0.5, 0.6) is 11.5 Å². The fraction of sp³-hybridized carbons (Fsp3) is 0.312. The molecule has 0 bridgehead atoms. The molecule has 2 atom stereocenters. The first-order valence-corrected chi connectivity index (χ1v) is 16.6. The molecule has 0 saturated carbocycles. The molecule has 3 aromatic carbocycles. The van der Waals surface area contributed by atoms with E-state index in [0.29, 0.717) is 12.8 Å². The Morgan fingerprint density at radius 3 is 1.98 bits per heavy atom. The van der Waals surface area contributed by atoms with Crippen molar-refractivity contribution in [2.24, 2.45) is 0 Å². The number of rotatable bonds is 18. The molecule has 0 aliphatic heterocycles. The number of aliphatic carboxylic acids is 1. The van der Waals surface area contributed by atoms with Crippen LogP contribution in [-0.4, -0.2) is 62.2 Å². The maximum atomic E-state index is 13.2. The SMILES string of the molecule is C[C@@](Cc1ccc(OP(=O)(O)O)c(O)c1)(NNC(=O)[C@H](CCCCNC(=O)OCc1ccccc1)NC(=O)OCc1ccccc1)C(=O)O. The van der Waals surface area contributed by atoms with Gasteiger partial charge in [0, 0.05) is 13.0 Å². The van der Waals surface area contributed by atoms with Crippen molar-refractivity contribution in [3.05, 3.63) is 95.6 Å². The molecule has 264 valence electrons. The number of carboxylic acids is 1. The van der Waals surface area contributed by atoms with Crippen molar-refractivity contribution >= 4 is 31.9 Å². The van der Waals surface area contributed by atoms with Gasteiger partial charge in [-0.25, -0.2) is 19.6 Å². The summed E-state index contributed by atoms with van der Waals surface area (Å²) in [5.41, 5.74) is 4.71. The quantitative estimate of drug-likeness (QED) is 0.0540. The monoisotopic (exact) mass is 702 g/mol. The first-order chi connectivity index (χ1) is 23.2. The standard InChI is InChI=1S/C32H39N4O12P/c1-32(29(39)40,19-24-15-16-27(26(37)18-24)48-49(43,44)45)36-35-28(38)25(34-31(42)47-21-23-12-6-3-7-13-23)14-8-9-17-33-30(41)46-20-22-10-4-2-5-11-22/h2-7,10-13,15-16,18,25,36-37H,8-9,14,17,19-21H2,1H3,(H,33,41)(H,34,42)(H,35,38)(H,39,40)(H2,43,44,45)/t25-,32-/m0/s1. The molecule has 0 radical (unpaired) electrons. The van der Waals surface area contributed by atoms with E-state index in [1.807, 2.05) is 30.3 Å². The Kier molecular flexibility index (Phi) is 14.4. The highest BCUT2D eigenvalue weighted by Crippen LogP contribution is 2.41. The van der Waals surface area contributed by atoms with E-state index in [1.54, 1.807) is 30.3 Å². The number of hydrogen-bond donors (Lipinski definition) is 8. The van der Waals surface area contributed by atoms with Gasteiger partial charge in [0.15, 0.2) is 11.5 Å². The molecule has 0 aliphatic rings. The summed E-state index contributed by atoms with van der Waals surface area (Å²) in [5, 5.41) is 25.2. The first-order valence-electron chi connectivity index (χ1n) is 15.0. The van der Waals surface area contributed by atoms with Crippen molar-refractivity contribution in [3.63, 3.8) is 0 Å². The maximum absolute atomic E-state index is 13.2. The molecule has 0 saturated heterocycles. The summed E-state index contributed by atoms with van der Waals surface area (Å²) in [7, 11) is -4.96. The summed E-state index contributed by atoms with van der Waals surface area (Å²) in [6.45, 7) is 1.52. The summed E-state index contributed by atoms with van der Waals surface area (Å²) in [5.74, 6) is -3.33. The van der Waals surface area contributed by atoms with E-state index in [2.05, 4.69) is 26.0 Å². The number of amides is 3. The Hall–Kier alpha value is -5.15. The highest BCUT2D eigenvalue weighted by atomic mass is 31.2. The van der Waals surface area contributed by atoms with Crippen molar-refractivity contribution in [1.82, 2.24) is 21.5 Å². The first kappa shape index (κ1) is 38.3. The lowest BCUT2D eigenvalue weighted by atomic mass is 9.93. The lowest BCUT2D eigenvalue weighted by molar-refractivity contribution is -0.145. The van der Waals surface area contributed by atoms with Crippen LogP contribution in [0.4, 0.5) is 9.59 Å². The average Bonchev–Trinajstić information content (AvgIpc) is 3.06. The van der Waals surface area contributed by atoms with Crippen LogP contribution < -0.4 is 26.0 Å². The molecule has 3 aromatic rings. The van der Waals surface area contributed by atoms with Gasteiger partial charge in [-0.2, -0.15) is 0 Å². The summed E-state index contributed by atoms with van der Waals surface area (Å²) in [6.07, 6.45) is -0.954. The Bertz CT molecular complexity index is 1610. The van der Waals surface area contributed by atoms with Crippen LogP contribution in [0, 0.1) is 0 Å². The number of hydrazine groups is 1. The molecule has 16 nitrogen and oxygen atoms in total. The zero-order valence-electron chi connectivity index (χ0n) is 26.5. The van der Waals surface area contributed by atoms with E-state index >= 15 is 0 Å². The van der Waals surface area contributed by atoms with Crippen molar-refractivity contribution in [2.75, 3.05) is 6.54 Å². The van der Waals surface area contributed by atoms with Gasteiger partial charge in [0.1, 0.15) is 24.8 Å². The van der Waals surface area contributed by atoms with E-state index in [4.69, 9.17) is 19.3 Å². The molecule has 3 rings (SSSR count). The minimum atomic E-state index is -4.96. The van der Waals surface area contributed by atoms with Crippen LogP contribution in [0.15, 0.2) is 78.9 Å². The third-order valence-electron chi connectivity index (χ3n) is 6.95. The molecule has 0 aromatic heterocycles. The number of unbranched alkanes of at least 4 members (excludes halogenated alkanes) is 1. The Labute approximate surface area is 282 Å². The van der Waals surface area contributed by atoms with Crippen molar-refractivity contribution in [3.8, 4) is 11.5 Å². The number of ether oxygens (including phenoxy) is 2. The fourth-order valence-corrected chi connectivity index (χ4v) is 4.77. The molecule has 3 amide bonds. The van der Waals surface area contributed by atoms with Crippen LogP contribution in [0.2, 0.25) is 0 Å². The molecule has 0 unspecified atom stereocenters. The summed E-state index contributed by atoms with van der Waals surface area (Å²) < 4.78 is 25.9. The van der Waals surface area contributed by atoms with E-state index in [9.17, 15) is 34.0 Å². The molecule has 0 spiro atoms. The van der Waals surface area contributed by atoms with E-state index in [1.165, 1.54) is 13.0 Å². The summed E-state index contributed by atoms with van der Waals surface area (Å²) in [6, 6.07) is 20.2. The van der Waals surface area contributed by atoms with Gasteiger partial charge in [0.05, 0.1) is 0 Å². The minimum absolute atomic E-state index is 0.0593. The van der Waals surface area contributed by atoms with Crippen molar-refractivity contribution in [2.45, 2.75) is 57.4 Å². The molecular formula is C32H39N4O12P.